The van der Waals surface area contributed by atoms with Crippen molar-refractivity contribution in [3.8, 4) is 0 Å². The predicted molar refractivity (Wildman–Crippen MR) is 276 cm³/mol. The summed E-state index contributed by atoms with van der Waals surface area (Å²) in [5.74, 6) is -0.321. The Morgan fingerprint density at radius 2 is 0.953 bits per heavy atom. The van der Waals surface area contributed by atoms with Gasteiger partial charge in [-0.05, 0) is 70.6 Å². The van der Waals surface area contributed by atoms with Crippen molar-refractivity contribution in [3.05, 3.63) is 97.2 Å². The molecule has 8 nitrogen and oxygen atoms in total. The molecular formula is C55H98N2O6P+. The molecule has 0 saturated carbocycles. The van der Waals surface area contributed by atoms with Gasteiger partial charge in [-0.3, -0.25) is 13.8 Å². The van der Waals surface area contributed by atoms with E-state index in [1.807, 2.05) is 33.3 Å². The molecule has 0 heterocycles. The summed E-state index contributed by atoms with van der Waals surface area (Å²) < 4.78 is 23.5. The third-order valence-corrected chi connectivity index (χ3v) is 11.8. The Kier molecular flexibility index (Phi) is 43.7. The van der Waals surface area contributed by atoms with Crippen molar-refractivity contribution in [2.24, 2.45) is 0 Å². The van der Waals surface area contributed by atoms with E-state index in [0.717, 1.165) is 51.4 Å². The fourth-order valence-electron chi connectivity index (χ4n) is 6.79. The van der Waals surface area contributed by atoms with Crippen LogP contribution in [0.5, 0.6) is 0 Å². The van der Waals surface area contributed by atoms with Gasteiger partial charge in [0.1, 0.15) is 13.2 Å². The second-order valence-corrected chi connectivity index (χ2v) is 19.6. The van der Waals surface area contributed by atoms with Crippen LogP contribution in [0.4, 0.5) is 0 Å². The van der Waals surface area contributed by atoms with Crippen molar-refractivity contribution in [2.75, 3.05) is 40.9 Å². The lowest BCUT2D eigenvalue weighted by atomic mass is 10.0. The van der Waals surface area contributed by atoms with Crippen molar-refractivity contribution in [1.82, 2.24) is 5.32 Å². The maximum absolute atomic E-state index is 12.8. The topological polar surface area (TPSA) is 105 Å². The van der Waals surface area contributed by atoms with Crippen LogP contribution in [-0.2, 0) is 18.4 Å². The summed E-state index contributed by atoms with van der Waals surface area (Å²) in [6.07, 6.45) is 65.5. The highest BCUT2D eigenvalue weighted by atomic mass is 31.2. The Morgan fingerprint density at radius 1 is 0.547 bits per heavy atom. The van der Waals surface area contributed by atoms with E-state index in [0.29, 0.717) is 17.4 Å². The van der Waals surface area contributed by atoms with E-state index in [2.05, 4.69) is 92.1 Å². The Bertz CT molecular complexity index is 1360. The van der Waals surface area contributed by atoms with Crippen LogP contribution in [0.2, 0.25) is 0 Å². The Balaban J connectivity index is 4.43. The van der Waals surface area contributed by atoms with Gasteiger partial charge in [0, 0.05) is 6.42 Å². The van der Waals surface area contributed by atoms with E-state index in [1.165, 1.54) is 116 Å². The number of nitrogens with one attached hydrogen (secondary N) is 1. The lowest BCUT2D eigenvalue weighted by Crippen LogP contribution is -2.45. The van der Waals surface area contributed by atoms with Gasteiger partial charge in [0.15, 0.2) is 0 Å². The van der Waals surface area contributed by atoms with Crippen molar-refractivity contribution in [3.63, 3.8) is 0 Å². The lowest BCUT2D eigenvalue weighted by molar-refractivity contribution is -0.870. The van der Waals surface area contributed by atoms with Gasteiger partial charge in [0.05, 0.1) is 39.9 Å². The summed E-state index contributed by atoms with van der Waals surface area (Å²) >= 11 is 0. The minimum Gasteiger partial charge on any atom is -0.387 e. The molecule has 0 aromatic rings. The SMILES string of the molecule is CC/C=C\C/C=C\C/C=C\C/C=C\C/C=C\CC(=O)NC(COP(=O)(O)OCC[N+](C)(C)C)C(O)/C=C/CC/C=C/CC/C=C/CCCCCCCCCCCCCCCCCCC. The van der Waals surface area contributed by atoms with Crippen LogP contribution in [0.1, 0.15) is 194 Å². The van der Waals surface area contributed by atoms with Crippen LogP contribution in [0.3, 0.4) is 0 Å². The van der Waals surface area contributed by atoms with Gasteiger partial charge in [-0.1, -0.05) is 214 Å². The zero-order valence-electron chi connectivity index (χ0n) is 41.7. The number of phosphoric ester groups is 1. The van der Waals surface area contributed by atoms with E-state index in [4.69, 9.17) is 9.05 Å². The van der Waals surface area contributed by atoms with Crippen LogP contribution in [-0.4, -0.2) is 73.4 Å². The number of quaternary nitrogens is 1. The predicted octanol–water partition coefficient (Wildman–Crippen LogP) is 15.1. The van der Waals surface area contributed by atoms with E-state index < -0.39 is 20.0 Å². The Hall–Kier alpha value is -2.58. The minimum atomic E-state index is -4.38. The van der Waals surface area contributed by atoms with Crippen molar-refractivity contribution in [2.45, 2.75) is 206 Å². The van der Waals surface area contributed by atoms with Crippen molar-refractivity contribution in [1.29, 1.82) is 0 Å². The molecule has 64 heavy (non-hydrogen) atoms. The lowest BCUT2D eigenvalue weighted by Gasteiger charge is -2.25. The zero-order valence-corrected chi connectivity index (χ0v) is 42.6. The van der Waals surface area contributed by atoms with Gasteiger partial charge < -0.3 is 19.8 Å². The van der Waals surface area contributed by atoms with Gasteiger partial charge in [-0.2, -0.15) is 0 Å². The summed E-state index contributed by atoms with van der Waals surface area (Å²) in [7, 11) is 1.48. The highest BCUT2D eigenvalue weighted by Crippen LogP contribution is 2.43. The van der Waals surface area contributed by atoms with Crippen LogP contribution in [0.15, 0.2) is 97.2 Å². The smallest absolute Gasteiger partial charge is 0.387 e. The second-order valence-electron chi connectivity index (χ2n) is 18.2. The van der Waals surface area contributed by atoms with E-state index in [9.17, 15) is 19.4 Å². The summed E-state index contributed by atoms with van der Waals surface area (Å²) in [5.41, 5.74) is 0. The number of nitrogens with zero attached hydrogens (tertiary/aromatic N) is 1. The molecule has 0 fully saturated rings. The number of likely N-dealkylation sites (N-methyl/N-ethyl adjacent to an activating group) is 1. The first-order valence-corrected chi connectivity index (χ1v) is 27.1. The number of amides is 1. The van der Waals surface area contributed by atoms with E-state index >= 15 is 0 Å². The van der Waals surface area contributed by atoms with Gasteiger partial charge in [-0.25, -0.2) is 4.57 Å². The zero-order chi connectivity index (χ0) is 47.1. The van der Waals surface area contributed by atoms with E-state index in [1.54, 1.807) is 12.2 Å². The van der Waals surface area contributed by atoms with Gasteiger partial charge in [-0.15, -0.1) is 0 Å². The molecule has 3 atom stereocenters. The molecule has 0 saturated heterocycles. The fraction of sp³-hybridized carbons (Fsp3) is 0.691. The fourth-order valence-corrected chi connectivity index (χ4v) is 7.52. The molecule has 3 unspecified atom stereocenters. The number of aliphatic hydroxyl groups is 1. The summed E-state index contributed by atoms with van der Waals surface area (Å²) in [4.78, 5) is 23.1. The molecular weight excluding hydrogens is 816 g/mol. The van der Waals surface area contributed by atoms with Gasteiger partial charge >= 0.3 is 7.82 Å². The molecule has 0 aliphatic carbocycles. The molecule has 0 rings (SSSR count). The monoisotopic (exact) mass is 914 g/mol. The van der Waals surface area contributed by atoms with Crippen LogP contribution < -0.4 is 5.32 Å². The van der Waals surface area contributed by atoms with Crippen LogP contribution >= 0.6 is 7.82 Å². The molecule has 3 N–H and O–H groups in total. The molecule has 0 radical (unpaired) electrons. The third-order valence-electron chi connectivity index (χ3n) is 10.8. The molecule has 0 bridgehead atoms. The first-order valence-electron chi connectivity index (χ1n) is 25.6. The van der Waals surface area contributed by atoms with Crippen molar-refractivity contribution < 1.29 is 32.9 Å². The average Bonchev–Trinajstić information content (AvgIpc) is 3.25. The molecule has 0 spiro atoms. The molecule has 368 valence electrons. The number of unbranched alkanes of at least 4 members (excludes halogenated alkanes) is 19. The average molecular weight is 914 g/mol. The molecule has 0 aromatic heterocycles. The number of hydrogen-bond acceptors (Lipinski definition) is 5. The standard InChI is InChI=1S/C55H97N2O6P/c1-6-8-10-12-14-16-18-20-22-23-24-25-26-27-28-29-30-31-32-33-35-36-38-40-42-44-46-48-54(58)53(52-63-64(60,61)62-51-50-57(3,4)5)56-55(59)49-47-45-43-41-39-37-34-21-19-17-15-13-11-9-7-2/h9,11,15,17,21,32-34,38-41,45-48,53-54,58H,6-8,10,12-14,16,18-20,22-31,35-37,42-44,49-52H2,1-5H3,(H-,56,59,60,61)/p+1/b11-9-,17-15-,33-32+,34-21-,40-38+,41-39-,47-45-,48-46+. The molecule has 0 aliphatic heterocycles. The summed E-state index contributed by atoms with van der Waals surface area (Å²) in [6, 6.07) is -0.930. The highest BCUT2D eigenvalue weighted by molar-refractivity contribution is 7.47. The van der Waals surface area contributed by atoms with Crippen LogP contribution in [0, 0.1) is 0 Å². The Morgan fingerprint density at radius 3 is 1.41 bits per heavy atom. The molecule has 1 amide bonds. The summed E-state index contributed by atoms with van der Waals surface area (Å²) in [6.45, 7) is 4.58. The quantitative estimate of drug-likeness (QED) is 0.0243. The van der Waals surface area contributed by atoms with Crippen LogP contribution in [0.25, 0.3) is 0 Å². The van der Waals surface area contributed by atoms with Crippen molar-refractivity contribution >= 4 is 13.7 Å². The van der Waals surface area contributed by atoms with Gasteiger partial charge in [0.25, 0.3) is 0 Å². The van der Waals surface area contributed by atoms with Gasteiger partial charge in [0.2, 0.25) is 5.91 Å². The highest BCUT2D eigenvalue weighted by Gasteiger charge is 2.27. The Labute approximate surface area is 394 Å². The number of rotatable bonds is 45. The van der Waals surface area contributed by atoms with E-state index in [-0.39, 0.29) is 25.5 Å². The first kappa shape index (κ1) is 61.4. The number of allylic oxidation sites excluding steroid dienone is 14. The molecule has 9 heteroatoms. The summed E-state index contributed by atoms with van der Waals surface area (Å²) in [5, 5.41) is 13.7. The number of hydrogen-bond donors (Lipinski definition) is 3. The third kappa shape index (κ3) is 47.4. The maximum Gasteiger partial charge on any atom is 0.472 e. The number of carbonyl (C=O) groups excluding carboxylic acids is 1. The minimum absolute atomic E-state index is 0.0320. The normalized spacial score (nSPS) is 14.9. The largest absolute Gasteiger partial charge is 0.472 e. The number of carbonyl (C=O) groups is 1. The molecule has 0 aromatic carbocycles. The molecule has 0 aliphatic rings. The first-order chi connectivity index (χ1) is 31.0. The second kappa shape index (κ2) is 45.6. The number of phosphoric acid groups is 1. The number of aliphatic hydroxyl groups excluding tert-OH is 1. The maximum atomic E-state index is 12.8.